The number of aliphatic hydroxyl groups excluding tert-OH is 1. The molecular weight excluding hydrogens is 176 g/mol. The quantitative estimate of drug-likeness (QED) is 0.689. The van der Waals surface area contributed by atoms with Crippen LogP contribution in [0.3, 0.4) is 0 Å². The highest BCUT2D eigenvalue weighted by molar-refractivity contribution is 5.25. The highest BCUT2D eigenvalue weighted by atomic mass is 16.3. The Balaban J connectivity index is 2.65. The minimum absolute atomic E-state index is 0.576. The molecule has 2 atom stereocenters. The Hall–Kier alpha value is -0.640. The van der Waals surface area contributed by atoms with Crippen LogP contribution in [0.4, 0.5) is 0 Å². The zero-order valence-electron chi connectivity index (χ0n) is 8.98. The molecule has 0 saturated heterocycles. The normalized spacial score (nSPS) is 31.4. The van der Waals surface area contributed by atoms with Gasteiger partial charge in [0.1, 0.15) is 0 Å². The van der Waals surface area contributed by atoms with Gasteiger partial charge in [-0.05, 0) is 13.1 Å². The number of nitrogens with two attached hydrogens (primary N) is 1. The molecule has 1 aliphatic carbocycles. The molecule has 2 unspecified atom stereocenters. The van der Waals surface area contributed by atoms with Crippen LogP contribution < -0.4 is 5.73 Å². The fraction of sp³-hybridized carbons (Fsp3) is 0.636. The van der Waals surface area contributed by atoms with Gasteiger partial charge in [0.15, 0.2) is 0 Å². The van der Waals surface area contributed by atoms with Crippen LogP contribution >= 0.6 is 0 Å². The van der Waals surface area contributed by atoms with Crippen molar-refractivity contribution in [1.29, 1.82) is 0 Å². The van der Waals surface area contributed by atoms with Gasteiger partial charge in [0.2, 0.25) is 0 Å². The van der Waals surface area contributed by atoms with Gasteiger partial charge < -0.3 is 15.7 Å². The van der Waals surface area contributed by atoms with Crippen molar-refractivity contribution in [3.63, 3.8) is 0 Å². The molecule has 0 amide bonds. The number of aliphatic hydroxyl groups is 1. The Kier molecular flexibility index (Phi) is 3.86. The second-order valence-corrected chi connectivity index (χ2v) is 3.76. The predicted molar refractivity (Wildman–Crippen MR) is 59.0 cm³/mol. The van der Waals surface area contributed by atoms with Gasteiger partial charge in [0, 0.05) is 6.54 Å². The molecule has 14 heavy (non-hydrogen) atoms. The van der Waals surface area contributed by atoms with Gasteiger partial charge >= 0.3 is 0 Å². The summed E-state index contributed by atoms with van der Waals surface area (Å²) in [6.45, 7) is 6.81. The first kappa shape index (κ1) is 11.4. The molecule has 0 aromatic rings. The van der Waals surface area contributed by atoms with Crippen LogP contribution in [-0.2, 0) is 0 Å². The smallest absolute Gasteiger partial charge is 0.0952 e. The maximum absolute atomic E-state index is 9.78. The van der Waals surface area contributed by atoms with Crippen LogP contribution in [0.5, 0.6) is 0 Å². The third-order valence-corrected chi connectivity index (χ3v) is 2.75. The Bertz CT molecular complexity index is 233. The molecule has 0 spiro atoms. The average molecular weight is 196 g/mol. The number of rotatable bonds is 4. The summed E-state index contributed by atoms with van der Waals surface area (Å²) in [5.41, 5.74) is 5.50. The van der Waals surface area contributed by atoms with Gasteiger partial charge in [-0.25, -0.2) is 0 Å². The lowest BCUT2D eigenvalue weighted by Gasteiger charge is -2.36. The van der Waals surface area contributed by atoms with Gasteiger partial charge in [0.05, 0.1) is 11.6 Å². The van der Waals surface area contributed by atoms with Gasteiger partial charge in [-0.2, -0.15) is 0 Å². The molecule has 1 rings (SSSR count). The molecule has 0 heterocycles. The van der Waals surface area contributed by atoms with E-state index in [0.29, 0.717) is 6.54 Å². The highest BCUT2D eigenvalue weighted by Crippen LogP contribution is 2.16. The average Bonchev–Trinajstić information content (AvgIpc) is 2.19. The fourth-order valence-corrected chi connectivity index (χ4v) is 1.66. The number of allylic oxidation sites excluding steroid dienone is 2. The maximum Gasteiger partial charge on any atom is 0.0952 e. The van der Waals surface area contributed by atoms with E-state index in [9.17, 15) is 5.11 Å². The largest absolute Gasteiger partial charge is 0.387 e. The molecule has 3 N–H and O–H groups in total. The number of hydrogen-bond donors (Lipinski definition) is 2. The second-order valence-electron chi connectivity index (χ2n) is 3.76. The summed E-state index contributed by atoms with van der Waals surface area (Å²) in [6.07, 6.45) is 6.78. The Morgan fingerprint density at radius 1 is 1.36 bits per heavy atom. The highest BCUT2D eigenvalue weighted by Gasteiger charge is 2.32. The summed E-state index contributed by atoms with van der Waals surface area (Å²) in [7, 11) is 0. The van der Waals surface area contributed by atoms with Crippen molar-refractivity contribution in [2.75, 3.05) is 19.6 Å². The van der Waals surface area contributed by atoms with Crippen LogP contribution in [-0.4, -0.2) is 41.3 Å². The number of nitrogens with zero attached hydrogens (tertiary/aromatic N) is 1. The van der Waals surface area contributed by atoms with E-state index < -0.39 is 11.6 Å². The van der Waals surface area contributed by atoms with E-state index in [4.69, 9.17) is 5.73 Å². The van der Waals surface area contributed by atoms with Crippen molar-refractivity contribution in [2.24, 2.45) is 5.73 Å². The van der Waals surface area contributed by atoms with E-state index in [-0.39, 0.29) is 0 Å². The minimum atomic E-state index is -0.624. The van der Waals surface area contributed by atoms with E-state index in [0.717, 1.165) is 13.1 Å². The first-order chi connectivity index (χ1) is 6.62. The third-order valence-electron chi connectivity index (χ3n) is 2.75. The van der Waals surface area contributed by atoms with E-state index in [1.54, 1.807) is 6.08 Å². The summed E-state index contributed by atoms with van der Waals surface area (Å²) >= 11 is 0. The van der Waals surface area contributed by atoms with E-state index in [1.807, 2.05) is 18.2 Å². The zero-order chi connectivity index (χ0) is 10.6. The molecule has 3 heteroatoms. The Morgan fingerprint density at radius 2 is 2.00 bits per heavy atom. The van der Waals surface area contributed by atoms with E-state index >= 15 is 0 Å². The minimum Gasteiger partial charge on any atom is -0.387 e. The van der Waals surface area contributed by atoms with Crippen molar-refractivity contribution in [2.45, 2.75) is 25.5 Å². The van der Waals surface area contributed by atoms with Crippen molar-refractivity contribution in [1.82, 2.24) is 4.90 Å². The lowest BCUT2D eigenvalue weighted by Crippen LogP contribution is -2.56. The molecule has 0 aliphatic heterocycles. The Labute approximate surface area is 85.9 Å². The molecule has 3 nitrogen and oxygen atoms in total. The number of likely N-dealkylation sites (N-methyl/N-ethyl adjacent to an activating group) is 1. The molecular formula is C11H20N2O. The summed E-state index contributed by atoms with van der Waals surface area (Å²) in [4.78, 5) is 2.22. The fourth-order valence-electron chi connectivity index (χ4n) is 1.66. The third kappa shape index (κ3) is 2.44. The molecule has 0 fully saturated rings. The van der Waals surface area contributed by atoms with Crippen LogP contribution in [0, 0.1) is 0 Å². The van der Waals surface area contributed by atoms with E-state index in [1.165, 1.54) is 0 Å². The summed E-state index contributed by atoms with van der Waals surface area (Å²) in [5.74, 6) is 0. The lowest BCUT2D eigenvalue weighted by atomic mass is 9.89. The van der Waals surface area contributed by atoms with Crippen LogP contribution in [0.25, 0.3) is 0 Å². The second kappa shape index (κ2) is 4.73. The summed E-state index contributed by atoms with van der Waals surface area (Å²) in [6, 6.07) is 0. The monoisotopic (exact) mass is 196 g/mol. The molecule has 0 aromatic heterocycles. The van der Waals surface area contributed by atoms with Gasteiger partial charge in [-0.3, -0.25) is 0 Å². The number of hydrogen-bond acceptors (Lipinski definition) is 3. The SMILES string of the molecule is CCN(CC)CC1(N)C=CC=CC1O. The molecule has 0 bridgehead atoms. The van der Waals surface area contributed by atoms with Crippen LogP contribution in [0.1, 0.15) is 13.8 Å². The van der Waals surface area contributed by atoms with E-state index in [2.05, 4.69) is 18.7 Å². The Morgan fingerprint density at radius 3 is 2.50 bits per heavy atom. The van der Waals surface area contributed by atoms with Crippen molar-refractivity contribution in [3.8, 4) is 0 Å². The first-order valence-corrected chi connectivity index (χ1v) is 5.17. The summed E-state index contributed by atoms with van der Waals surface area (Å²) in [5, 5.41) is 9.78. The van der Waals surface area contributed by atoms with Crippen LogP contribution in [0.15, 0.2) is 24.3 Å². The van der Waals surface area contributed by atoms with Gasteiger partial charge in [-0.15, -0.1) is 0 Å². The molecule has 0 radical (unpaired) electrons. The topological polar surface area (TPSA) is 49.5 Å². The maximum atomic E-state index is 9.78. The lowest BCUT2D eigenvalue weighted by molar-refractivity contribution is 0.118. The first-order valence-electron chi connectivity index (χ1n) is 5.17. The standard InChI is InChI=1S/C11H20N2O/c1-3-13(4-2)9-11(12)8-6-5-7-10(11)14/h5-8,10,14H,3-4,9,12H2,1-2H3. The summed E-state index contributed by atoms with van der Waals surface area (Å²) < 4.78 is 0. The van der Waals surface area contributed by atoms with Crippen molar-refractivity contribution >= 4 is 0 Å². The molecule has 0 aromatic carbocycles. The predicted octanol–water partition coefficient (Wildman–Crippen LogP) is 0.513. The molecule has 1 aliphatic rings. The molecule has 80 valence electrons. The van der Waals surface area contributed by atoms with Crippen molar-refractivity contribution in [3.05, 3.63) is 24.3 Å². The van der Waals surface area contributed by atoms with Crippen LogP contribution in [0.2, 0.25) is 0 Å². The van der Waals surface area contributed by atoms with Gasteiger partial charge in [-0.1, -0.05) is 38.2 Å². The zero-order valence-corrected chi connectivity index (χ0v) is 8.98. The molecule has 0 saturated carbocycles. The van der Waals surface area contributed by atoms with Crippen molar-refractivity contribution < 1.29 is 5.11 Å². The van der Waals surface area contributed by atoms with Gasteiger partial charge in [0.25, 0.3) is 0 Å².